The first-order valence-corrected chi connectivity index (χ1v) is 7.67. The van der Waals surface area contributed by atoms with E-state index < -0.39 is 0 Å². The first-order chi connectivity index (χ1) is 10.0. The van der Waals surface area contributed by atoms with Crippen molar-refractivity contribution in [2.24, 2.45) is 0 Å². The van der Waals surface area contributed by atoms with Crippen LogP contribution in [0.5, 0.6) is 0 Å². The van der Waals surface area contributed by atoms with Crippen LogP contribution in [0.15, 0.2) is 16.7 Å². The van der Waals surface area contributed by atoms with Crippen LogP contribution in [0.2, 0.25) is 0 Å². The Morgan fingerprint density at radius 3 is 2.71 bits per heavy atom. The van der Waals surface area contributed by atoms with Crippen LogP contribution in [-0.2, 0) is 4.79 Å². The number of hydrogen-bond donors (Lipinski definition) is 1. The van der Waals surface area contributed by atoms with Crippen molar-refractivity contribution in [1.82, 2.24) is 10.2 Å². The molecule has 1 saturated carbocycles. The second kappa shape index (κ2) is 6.78. The highest BCUT2D eigenvalue weighted by Gasteiger charge is 2.34. The summed E-state index contributed by atoms with van der Waals surface area (Å²) in [6, 6.07) is 2.16. The fraction of sp³-hybridized carbons (Fsp3) is 0.625. The van der Waals surface area contributed by atoms with Gasteiger partial charge in [-0.15, -0.1) is 0 Å². The number of hydrogen-bond acceptors (Lipinski definition) is 3. The van der Waals surface area contributed by atoms with Crippen molar-refractivity contribution in [2.75, 3.05) is 6.54 Å². The van der Waals surface area contributed by atoms with Gasteiger partial charge in [0.25, 0.3) is 5.91 Å². The van der Waals surface area contributed by atoms with Crippen LogP contribution in [0, 0.1) is 6.92 Å². The van der Waals surface area contributed by atoms with Gasteiger partial charge in [0.1, 0.15) is 5.76 Å². The molecule has 1 fully saturated rings. The Morgan fingerprint density at radius 2 is 2.19 bits per heavy atom. The molecule has 2 rings (SSSR count). The summed E-state index contributed by atoms with van der Waals surface area (Å²) in [5.74, 6) is 0.613. The van der Waals surface area contributed by atoms with Crippen LogP contribution < -0.4 is 5.32 Å². The normalized spacial score (nSPS) is 15.6. The molecule has 1 aromatic heterocycles. The molecule has 5 heteroatoms. The maximum absolute atomic E-state index is 12.5. The van der Waals surface area contributed by atoms with E-state index in [0.29, 0.717) is 24.3 Å². The predicted molar refractivity (Wildman–Crippen MR) is 80.0 cm³/mol. The molecule has 2 amide bonds. The second-order valence-corrected chi connectivity index (χ2v) is 5.75. The van der Waals surface area contributed by atoms with Gasteiger partial charge in [0.05, 0.1) is 11.8 Å². The van der Waals surface area contributed by atoms with Crippen LogP contribution in [0.4, 0.5) is 0 Å². The summed E-state index contributed by atoms with van der Waals surface area (Å²) in [6.45, 7) is 6.27. The van der Waals surface area contributed by atoms with Crippen LogP contribution in [0.1, 0.15) is 55.6 Å². The molecule has 1 aliphatic carbocycles. The van der Waals surface area contributed by atoms with E-state index >= 15 is 0 Å². The SMILES string of the molecule is CC[C@H](C)NC(=O)CCN(C(=O)c1ccoc1C)C1CC1. The third kappa shape index (κ3) is 4.09. The molecule has 1 atom stereocenters. The van der Waals surface area contributed by atoms with E-state index in [1.54, 1.807) is 13.0 Å². The molecular formula is C16H24N2O3. The van der Waals surface area contributed by atoms with E-state index in [1.807, 2.05) is 18.7 Å². The van der Waals surface area contributed by atoms with Crippen molar-refractivity contribution >= 4 is 11.8 Å². The van der Waals surface area contributed by atoms with Gasteiger partial charge in [-0.05, 0) is 39.2 Å². The summed E-state index contributed by atoms with van der Waals surface area (Å²) in [5.41, 5.74) is 0.601. The first-order valence-electron chi connectivity index (χ1n) is 7.67. The Bertz CT molecular complexity index is 505. The molecule has 21 heavy (non-hydrogen) atoms. The molecular weight excluding hydrogens is 268 g/mol. The van der Waals surface area contributed by atoms with Gasteiger partial charge < -0.3 is 14.6 Å². The molecule has 1 heterocycles. The van der Waals surface area contributed by atoms with Gasteiger partial charge in [0.2, 0.25) is 5.91 Å². The number of rotatable bonds is 7. The summed E-state index contributed by atoms with van der Waals surface area (Å²) in [5, 5.41) is 2.93. The molecule has 1 aromatic rings. The molecule has 116 valence electrons. The minimum atomic E-state index is -0.0277. The highest BCUT2D eigenvalue weighted by molar-refractivity contribution is 5.95. The van der Waals surface area contributed by atoms with Crippen molar-refractivity contribution in [1.29, 1.82) is 0 Å². The minimum absolute atomic E-state index is 0.00622. The fourth-order valence-corrected chi connectivity index (χ4v) is 2.27. The van der Waals surface area contributed by atoms with Crippen molar-refractivity contribution < 1.29 is 14.0 Å². The van der Waals surface area contributed by atoms with Crippen molar-refractivity contribution in [2.45, 2.75) is 58.5 Å². The highest BCUT2D eigenvalue weighted by Crippen LogP contribution is 2.29. The zero-order valence-electron chi connectivity index (χ0n) is 13.0. The number of aryl methyl sites for hydroxylation is 1. The third-order valence-electron chi connectivity index (χ3n) is 3.94. The standard InChI is InChI=1S/C16H24N2O3/c1-4-11(2)17-15(19)7-9-18(13-5-6-13)16(20)14-8-10-21-12(14)3/h8,10-11,13H,4-7,9H2,1-3H3,(H,17,19)/t11-/m0/s1. The molecule has 0 unspecified atom stereocenters. The summed E-state index contributed by atoms with van der Waals surface area (Å²) in [6.07, 6.45) is 4.84. The quantitative estimate of drug-likeness (QED) is 0.840. The van der Waals surface area contributed by atoms with E-state index in [0.717, 1.165) is 19.3 Å². The van der Waals surface area contributed by atoms with Crippen molar-refractivity contribution in [3.8, 4) is 0 Å². The maximum Gasteiger partial charge on any atom is 0.257 e. The average Bonchev–Trinajstić information content (AvgIpc) is 3.19. The van der Waals surface area contributed by atoms with E-state index in [4.69, 9.17) is 4.42 Å². The van der Waals surface area contributed by atoms with Gasteiger partial charge in [-0.3, -0.25) is 9.59 Å². The third-order valence-corrected chi connectivity index (χ3v) is 3.94. The van der Waals surface area contributed by atoms with Crippen LogP contribution in [-0.4, -0.2) is 35.3 Å². The average molecular weight is 292 g/mol. The summed E-state index contributed by atoms with van der Waals surface area (Å²) in [4.78, 5) is 26.2. The second-order valence-electron chi connectivity index (χ2n) is 5.75. The molecule has 0 radical (unpaired) electrons. The molecule has 0 saturated heterocycles. The van der Waals surface area contributed by atoms with Gasteiger partial charge in [0.15, 0.2) is 0 Å². The van der Waals surface area contributed by atoms with Gasteiger partial charge in [-0.2, -0.15) is 0 Å². The Morgan fingerprint density at radius 1 is 1.48 bits per heavy atom. The number of furan rings is 1. The fourth-order valence-electron chi connectivity index (χ4n) is 2.27. The Kier molecular flexibility index (Phi) is 5.04. The summed E-state index contributed by atoms with van der Waals surface area (Å²) < 4.78 is 5.20. The van der Waals surface area contributed by atoms with Crippen molar-refractivity contribution in [3.63, 3.8) is 0 Å². The van der Waals surface area contributed by atoms with Gasteiger partial charge >= 0.3 is 0 Å². The number of carbonyl (C=O) groups is 2. The number of carbonyl (C=O) groups excluding carboxylic acids is 2. The van der Waals surface area contributed by atoms with E-state index in [9.17, 15) is 9.59 Å². The van der Waals surface area contributed by atoms with E-state index in [-0.39, 0.29) is 23.9 Å². The van der Waals surface area contributed by atoms with Crippen LogP contribution in [0.3, 0.4) is 0 Å². The molecule has 0 aliphatic heterocycles. The first kappa shape index (κ1) is 15.6. The summed E-state index contributed by atoms with van der Waals surface area (Å²) in [7, 11) is 0. The molecule has 5 nitrogen and oxygen atoms in total. The zero-order chi connectivity index (χ0) is 15.4. The lowest BCUT2D eigenvalue weighted by atomic mass is 10.2. The molecule has 0 spiro atoms. The van der Waals surface area contributed by atoms with E-state index in [1.165, 1.54) is 6.26 Å². The zero-order valence-corrected chi connectivity index (χ0v) is 13.0. The molecule has 0 aromatic carbocycles. The Labute approximate surface area is 125 Å². The van der Waals surface area contributed by atoms with E-state index in [2.05, 4.69) is 5.32 Å². The van der Waals surface area contributed by atoms with Crippen LogP contribution in [0.25, 0.3) is 0 Å². The Hall–Kier alpha value is -1.78. The highest BCUT2D eigenvalue weighted by atomic mass is 16.3. The molecule has 0 bridgehead atoms. The van der Waals surface area contributed by atoms with Gasteiger partial charge in [0, 0.05) is 25.0 Å². The number of nitrogens with one attached hydrogen (secondary N) is 1. The van der Waals surface area contributed by atoms with Gasteiger partial charge in [-0.1, -0.05) is 6.92 Å². The smallest absolute Gasteiger partial charge is 0.257 e. The van der Waals surface area contributed by atoms with Gasteiger partial charge in [-0.25, -0.2) is 0 Å². The molecule has 1 N–H and O–H groups in total. The minimum Gasteiger partial charge on any atom is -0.469 e. The maximum atomic E-state index is 12.5. The lowest BCUT2D eigenvalue weighted by Gasteiger charge is -2.22. The molecule has 1 aliphatic rings. The summed E-state index contributed by atoms with van der Waals surface area (Å²) >= 11 is 0. The predicted octanol–water partition coefficient (Wildman–Crippen LogP) is 2.50. The lowest BCUT2D eigenvalue weighted by molar-refractivity contribution is -0.121. The largest absolute Gasteiger partial charge is 0.469 e. The van der Waals surface area contributed by atoms with Crippen molar-refractivity contribution in [3.05, 3.63) is 23.7 Å². The number of amides is 2. The Balaban J connectivity index is 1.93. The lowest BCUT2D eigenvalue weighted by Crippen LogP contribution is -2.38. The monoisotopic (exact) mass is 292 g/mol. The topological polar surface area (TPSA) is 62.6 Å². The number of nitrogens with zero attached hydrogens (tertiary/aromatic N) is 1. The van der Waals surface area contributed by atoms with Crippen LogP contribution >= 0.6 is 0 Å².